The average molecular weight is 204 g/mol. The Kier molecular flexibility index (Phi) is 3.16. The lowest BCUT2D eigenvalue weighted by atomic mass is 10.3. The lowest BCUT2D eigenvalue weighted by Crippen LogP contribution is -2.05. The van der Waals surface area contributed by atoms with E-state index in [1.165, 1.54) is 0 Å². The van der Waals surface area contributed by atoms with Crippen LogP contribution in [0.4, 0.5) is 8.78 Å². The fourth-order valence-corrected chi connectivity index (χ4v) is 1.10. The van der Waals surface area contributed by atoms with Gasteiger partial charge in [0, 0.05) is 12.6 Å². The third kappa shape index (κ3) is 2.07. The van der Waals surface area contributed by atoms with Crippen LogP contribution in [0.25, 0.3) is 0 Å². The van der Waals surface area contributed by atoms with Gasteiger partial charge in [0.05, 0.1) is 0 Å². The minimum Gasteiger partial charge on any atom is -0.476 e. The summed E-state index contributed by atoms with van der Waals surface area (Å²) in [6.45, 7) is 2.10. The van der Waals surface area contributed by atoms with E-state index in [1.807, 2.05) is 0 Å². The average Bonchev–Trinajstić information content (AvgIpc) is 2.49. The molecular formula is C8H10F2N2O2. The normalized spacial score (nSPS) is 10.9. The molecule has 0 fully saturated rings. The standard InChI is InChI=1S/C8H10F2N2O2/c1-2-3-12-6(7(9)10)4-5(11-12)8(13)14/h4,7H,2-3H2,1H3,(H,13,14). The maximum absolute atomic E-state index is 12.4. The second-order valence-corrected chi connectivity index (χ2v) is 2.78. The lowest BCUT2D eigenvalue weighted by molar-refractivity contribution is 0.0689. The minimum absolute atomic E-state index is 0.299. The number of carboxylic acids is 1. The number of aromatic nitrogens is 2. The summed E-state index contributed by atoms with van der Waals surface area (Å²) in [5.74, 6) is -1.29. The van der Waals surface area contributed by atoms with Gasteiger partial charge in [0.1, 0.15) is 5.69 Å². The zero-order valence-corrected chi connectivity index (χ0v) is 7.57. The Balaban J connectivity index is 3.05. The van der Waals surface area contributed by atoms with Gasteiger partial charge in [0.2, 0.25) is 0 Å². The number of carbonyl (C=O) groups is 1. The molecule has 1 aromatic rings. The molecule has 1 rings (SSSR count). The highest BCUT2D eigenvalue weighted by Crippen LogP contribution is 2.20. The van der Waals surface area contributed by atoms with Crippen molar-refractivity contribution in [2.45, 2.75) is 26.3 Å². The van der Waals surface area contributed by atoms with Gasteiger partial charge in [-0.3, -0.25) is 4.68 Å². The van der Waals surface area contributed by atoms with Crippen molar-refractivity contribution in [2.24, 2.45) is 0 Å². The molecule has 0 aliphatic carbocycles. The second kappa shape index (κ2) is 4.17. The van der Waals surface area contributed by atoms with Crippen LogP contribution in [-0.4, -0.2) is 20.9 Å². The highest BCUT2D eigenvalue weighted by molar-refractivity contribution is 5.85. The van der Waals surface area contributed by atoms with Crippen molar-refractivity contribution in [3.63, 3.8) is 0 Å². The van der Waals surface area contributed by atoms with Gasteiger partial charge in [0.15, 0.2) is 5.69 Å². The summed E-state index contributed by atoms with van der Waals surface area (Å²) >= 11 is 0. The predicted molar refractivity (Wildman–Crippen MR) is 44.4 cm³/mol. The Labute approximate surface area is 79.2 Å². The van der Waals surface area contributed by atoms with E-state index in [9.17, 15) is 13.6 Å². The van der Waals surface area contributed by atoms with Crippen LogP contribution in [0.2, 0.25) is 0 Å². The van der Waals surface area contributed by atoms with Crippen molar-refractivity contribution in [1.29, 1.82) is 0 Å². The number of alkyl halides is 2. The zero-order chi connectivity index (χ0) is 10.7. The molecule has 14 heavy (non-hydrogen) atoms. The van der Waals surface area contributed by atoms with Crippen LogP contribution in [0.1, 0.15) is 36.0 Å². The number of rotatable bonds is 4. The predicted octanol–water partition coefficient (Wildman–Crippen LogP) is 1.93. The fourth-order valence-electron chi connectivity index (χ4n) is 1.10. The largest absolute Gasteiger partial charge is 0.476 e. The lowest BCUT2D eigenvalue weighted by Gasteiger charge is -2.03. The molecule has 0 aliphatic rings. The third-order valence-electron chi connectivity index (χ3n) is 1.69. The molecule has 0 unspecified atom stereocenters. The summed E-state index contributed by atoms with van der Waals surface area (Å²) in [6, 6.07) is 0.905. The molecule has 78 valence electrons. The summed E-state index contributed by atoms with van der Waals surface area (Å²) in [7, 11) is 0. The molecule has 0 amide bonds. The van der Waals surface area contributed by atoms with E-state index < -0.39 is 12.4 Å². The molecule has 0 saturated heterocycles. The number of nitrogens with zero attached hydrogens (tertiary/aromatic N) is 2. The van der Waals surface area contributed by atoms with Gasteiger partial charge in [0.25, 0.3) is 6.43 Å². The molecule has 0 radical (unpaired) electrons. The Hall–Kier alpha value is -1.46. The van der Waals surface area contributed by atoms with Gasteiger partial charge >= 0.3 is 5.97 Å². The number of aryl methyl sites for hydroxylation is 1. The SMILES string of the molecule is CCCn1nc(C(=O)O)cc1C(F)F. The molecule has 1 heterocycles. The Morgan fingerprint density at radius 1 is 1.71 bits per heavy atom. The first kappa shape index (κ1) is 10.6. The zero-order valence-electron chi connectivity index (χ0n) is 7.57. The van der Waals surface area contributed by atoms with Crippen LogP contribution in [0, 0.1) is 0 Å². The van der Waals surface area contributed by atoms with Gasteiger partial charge in [-0.25, -0.2) is 13.6 Å². The van der Waals surface area contributed by atoms with E-state index in [0.29, 0.717) is 13.0 Å². The molecule has 0 bridgehead atoms. The Bertz CT molecular complexity index is 336. The quantitative estimate of drug-likeness (QED) is 0.815. The van der Waals surface area contributed by atoms with E-state index in [2.05, 4.69) is 5.10 Å². The molecule has 0 saturated carbocycles. The molecule has 0 aromatic carbocycles. The van der Waals surface area contributed by atoms with Crippen molar-refractivity contribution < 1.29 is 18.7 Å². The van der Waals surface area contributed by atoms with Crippen molar-refractivity contribution in [3.05, 3.63) is 17.5 Å². The number of halogens is 2. The molecular weight excluding hydrogens is 194 g/mol. The first-order chi connectivity index (χ1) is 6.56. The first-order valence-corrected chi connectivity index (χ1v) is 4.15. The van der Waals surface area contributed by atoms with Crippen molar-refractivity contribution in [3.8, 4) is 0 Å². The van der Waals surface area contributed by atoms with E-state index in [4.69, 9.17) is 5.11 Å². The van der Waals surface area contributed by atoms with Crippen molar-refractivity contribution >= 4 is 5.97 Å². The molecule has 0 atom stereocenters. The number of aromatic carboxylic acids is 1. The monoisotopic (exact) mass is 204 g/mol. The van der Waals surface area contributed by atoms with E-state index in [1.54, 1.807) is 6.92 Å². The van der Waals surface area contributed by atoms with E-state index >= 15 is 0 Å². The number of hydrogen-bond donors (Lipinski definition) is 1. The van der Waals surface area contributed by atoms with Gasteiger partial charge < -0.3 is 5.11 Å². The smallest absolute Gasteiger partial charge is 0.356 e. The first-order valence-electron chi connectivity index (χ1n) is 4.15. The molecule has 0 spiro atoms. The summed E-state index contributed by atoms with van der Waals surface area (Å²) in [5.41, 5.74) is -0.682. The van der Waals surface area contributed by atoms with Crippen molar-refractivity contribution in [2.75, 3.05) is 0 Å². The highest BCUT2D eigenvalue weighted by Gasteiger charge is 2.18. The summed E-state index contributed by atoms with van der Waals surface area (Å²) in [5, 5.41) is 12.1. The topological polar surface area (TPSA) is 55.1 Å². The van der Waals surface area contributed by atoms with Crippen LogP contribution in [0.5, 0.6) is 0 Å². The Morgan fingerprint density at radius 3 is 2.79 bits per heavy atom. The summed E-state index contributed by atoms with van der Waals surface area (Å²) in [4.78, 5) is 10.5. The van der Waals surface area contributed by atoms with Crippen LogP contribution in [0.15, 0.2) is 6.07 Å². The molecule has 1 aromatic heterocycles. The van der Waals surface area contributed by atoms with Crippen molar-refractivity contribution in [1.82, 2.24) is 9.78 Å². The van der Waals surface area contributed by atoms with Crippen LogP contribution in [0.3, 0.4) is 0 Å². The Morgan fingerprint density at radius 2 is 2.36 bits per heavy atom. The van der Waals surface area contributed by atoms with E-state index in [-0.39, 0.29) is 11.4 Å². The highest BCUT2D eigenvalue weighted by atomic mass is 19.3. The summed E-state index contributed by atoms with van der Waals surface area (Å²) in [6.07, 6.45) is -2.07. The van der Waals surface area contributed by atoms with Crippen LogP contribution >= 0.6 is 0 Å². The van der Waals surface area contributed by atoms with Crippen LogP contribution < -0.4 is 0 Å². The number of hydrogen-bond acceptors (Lipinski definition) is 2. The molecule has 0 aliphatic heterocycles. The maximum Gasteiger partial charge on any atom is 0.356 e. The minimum atomic E-state index is -2.69. The molecule has 6 heteroatoms. The second-order valence-electron chi connectivity index (χ2n) is 2.78. The van der Waals surface area contributed by atoms with E-state index in [0.717, 1.165) is 10.7 Å². The fraction of sp³-hybridized carbons (Fsp3) is 0.500. The van der Waals surface area contributed by atoms with Crippen LogP contribution in [-0.2, 0) is 6.54 Å². The molecule has 1 N–H and O–H groups in total. The van der Waals surface area contributed by atoms with Gasteiger partial charge in [-0.1, -0.05) is 6.92 Å². The number of carboxylic acid groups (broad SMARTS) is 1. The third-order valence-corrected chi connectivity index (χ3v) is 1.69. The van der Waals surface area contributed by atoms with Gasteiger partial charge in [-0.15, -0.1) is 0 Å². The summed E-state index contributed by atoms with van der Waals surface area (Å²) < 4.78 is 25.8. The maximum atomic E-state index is 12.4. The van der Waals surface area contributed by atoms with Gasteiger partial charge in [-0.2, -0.15) is 5.10 Å². The molecule has 4 nitrogen and oxygen atoms in total. The van der Waals surface area contributed by atoms with Gasteiger partial charge in [-0.05, 0) is 6.42 Å².